The Balaban J connectivity index is 2.11. The monoisotopic (exact) mass is 268 g/mol. The minimum atomic E-state index is -0.658. The molecule has 2 rings (SSSR count). The molecule has 1 aromatic heterocycles. The fraction of sp³-hybridized carbons (Fsp3) is 0.692. The molecule has 1 saturated heterocycles. The normalized spacial score (nSPS) is 26.4. The smallest absolute Gasteiger partial charge is 0.310 e. The molecule has 2 heterocycles. The van der Waals surface area contributed by atoms with Crippen molar-refractivity contribution in [3.05, 3.63) is 16.1 Å². The molecule has 2 unspecified atom stereocenters. The van der Waals surface area contributed by atoms with Crippen LogP contribution in [-0.4, -0.2) is 34.0 Å². The summed E-state index contributed by atoms with van der Waals surface area (Å²) in [6, 6.07) is 0.211. The minimum absolute atomic E-state index is 0.211. The Bertz CT molecular complexity index is 446. The molecule has 5 heteroatoms. The van der Waals surface area contributed by atoms with E-state index in [9.17, 15) is 9.90 Å². The van der Waals surface area contributed by atoms with Crippen LogP contribution in [0.3, 0.4) is 0 Å². The number of nitrogens with zero attached hydrogens (tertiary/aromatic N) is 2. The third-order valence-electron chi connectivity index (χ3n) is 4.13. The molecule has 1 N–H and O–H groups in total. The van der Waals surface area contributed by atoms with Crippen molar-refractivity contribution in [2.45, 2.75) is 39.7 Å². The standard InChI is InChI=1S/C13H20N2O2S/c1-4-13(12(16)17)5-6-15(8-13)9(2)11-7-18-10(3)14-11/h7,9H,4-6,8H2,1-3H3,(H,16,17). The van der Waals surface area contributed by atoms with Gasteiger partial charge in [0.25, 0.3) is 0 Å². The largest absolute Gasteiger partial charge is 0.481 e. The number of likely N-dealkylation sites (tertiary alicyclic amines) is 1. The number of thiazole rings is 1. The van der Waals surface area contributed by atoms with Gasteiger partial charge >= 0.3 is 5.97 Å². The Kier molecular flexibility index (Phi) is 3.73. The van der Waals surface area contributed by atoms with Gasteiger partial charge in [0, 0.05) is 11.9 Å². The summed E-state index contributed by atoms with van der Waals surface area (Å²) in [6.07, 6.45) is 1.44. The van der Waals surface area contributed by atoms with Gasteiger partial charge in [-0.1, -0.05) is 6.92 Å². The first-order chi connectivity index (χ1) is 8.48. The van der Waals surface area contributed by atoms with Crippen LogP contribution in [0, 0.1) is 12.3 Å². The molecule has 0 radical (unpaired) electrons. The molecule has 1 aliphatic rings. The predicted molar refractivity (Wildman–Crippen MR) is 71.8 cm³/mol. The Labute approximate surface area is 112 Å². The summed E-state index contributed by atoms with van der Waals surface area (Å²) < 4.78 is 0. The van der Waals surface area contributed by atoms with Gasteiger partial charge in [-0.15, -0.1) is 11.3 Å². The van der Waals surface area contributed by atoms with Crippen LogP contribution in [0.25, 0.3) is 0 Å². The summed E-state index contributed by atoms with van der Waals surface area (Å²) in [6.45, 7) is 7.56. The number of carboxylic acid groups (broad SMARTS) is 1. The van der Waals surface area contributed by atoms with Crippen molar-refractivity contribution < 1.29 is 9.90 Å². The van der Waals surface area contributed by atoms with Crippen molar-refractivity contribution in [3.8, 4) is 0 Å². The third-order valence-corrected chi connectivity index (χ3v) is 4.92. The van der Waals surface area contributed by atoms with E-state index in [0.717, 1.165) is 23.7 Å². The molecule has 0 aliphatic carbocycles. The molecule has 1 aliphatic heterocycles. The third kappa shape index (κ3) is 2.29. The van der Waals surface area contributed by atoms with Crippen LogP contribution in [0.1, 0.15) is 43.4 Å². The second-order valence-corrected chi connectivity index (χ2v) is 6.19. The number of hydrogen-bond acceptors (Lipinski definition) is 4. The molecule has 0 amide bonds. The van der Waals surface area contributed by atoms with Crippen LogP contribution in [-0.2, 0) is 4.79 Å². The van der Waals surface area contributed by atoms with E-state index in [-0.39, 0.29) is 6.04 Å². The molecule has 0 aromatic carbocycles. The summed E-state index contributed by atoms with van der Waals surface area (Å²) in [4.78, 5) is 18.2. The lowest BCUT2D eigenvalue weighted by Crippen LogP contribution is -2.35. The number of aromatic nitrogens is 1. The molecule has 1 fully saturated rings. The maximum atomic E-state index is 11.4. The molecular formula is C13H20N2O2S. The van der Waals surface area contributed by atoms with E-state index in [1.54, 1.807) is 11.3 Å². The zero-order valence-electron chi connectivity index (χ0n) is 11.1. The number of aryl methyl sites for hydroxylation is 1. The second kappa shape index (κ2) is 4.97. The lowest BCUT2D eigenvalue weighted by Gasteiger charge is -2.26. The number of aliphatic carboxylic acids is 1. The summed E-state index contributed by atoms with van der Waals surface area (Å²) in [7, 11) is 0. The van der Waals surface area contributed by atoms with Gasteiger partial charge in [-0.3, -0.25) is 9.69 Å². The molecule has 2 atom stereocenters. The van der Waals surface area contributed by atoms with E-state index < -0.39 is 11.4 Å². The fourth-order valence-electron chi connectivity index (χ4n) is 2.61. The zero-order valence-corrected chi connectivity index (χ0v) is 12.0. The Hall–Kier alpha value is -0.940. The van der Waals surface area contributed by atoms with Crippen LogP contribution < -0.4 is 0 Å². The van der Waals surface area contributed by atoms with E-state index in [2.05, 4.69) is 22.2 Å². The summed E-state index contributed by atoms with van der Waals surface area (Å²) >= 11 is 1.65. The molecule has 1 aromatic rings. The number of carboxylic acids is 1. The van der Waals surface area contributed by atoms with Gasteiger partial charge in [0.05, 0.1) is 22.2 Å². The first-order valence-electron chi connectivity index (χ1n) is 6.38. The topological polar surface area (TPSA) is 53.4 Å². The molecule has 0 spiro atoms. The first kappa shape index (κ1) is 13.5. The SMILES string of the molecule is CCC1(C(=O)O)CCN(C(C)c2csc(C)n2)C1. The van der Waals surface area contributed by atoms with Crippen LogP contribution in [0.4, 0.5) is 0 Å². The molecule has 4 nitrogen and oxygen atoms in total. The van der Waals surface area contributed by atoms with Crippen molar-refractivity contribution in [2.24, 2.45) is 5.41 Å². The van der Waals surface area contributed by atoms with Gasteiger partial charge in [0.2, 0.25) is 0 Å². The van der Waals surface area contributed by atoms with Crippen molar-refractivity contribution >= 4 is 17.3 Å². The minimum Gasteiger partial charge on any atom is -0.481 e. The van der Waals surface area contributed by atoms with Crippen LogP contribution >= 0.6 is 11.3 Å². The average molecular weight is 268 g/mol. The Morgan fingerprint density at radius 3 is 2.89 bits per heavy atom. The maximum absolute atomic E-state index is 11.4. The van der Waals surface area contributed by atoms with Gasteiger partial charge in [0.15, 0.2) is 0 Å². The first-order valence-corrected chi connectivity index (χ1v) is 7.26. The van der Waals surface area contributed by atoms with Crippen molar-refractivity contribution in [2.75, 3.05) is 13.1 Å². The van der Waals surface area contributed by atoms with E-state index in [0.29, 0.717) is 13.0 Å². The second-order valence-electron chi connectivity index (χ2n) is 5.13. The highest BCUT2D eigenvalue weighted by atomic mass is 32.1. The zero-order chi connectivity index (χ0) is 13.3. The molecule has 18 heavy (non-hydrogen) atoms. The molecule has 100 valence electrons. The fourth-order valence-corrected chi connectivity index (χ4v) is 3.31. The quantitative estimate of drug-likeness (QED) is 0.912. The van der Waals surface area contributed by atoms with Gasteiger partial charge in [0.1, 0.15) is 0 Å². The highest BCUT2D eigenvalue weighted by Crippen LogP contribution is 2.38. The van der Waals surface area contributed by atoms with Gasteiger partial charge < -0.3 is 5.11 Å². The highest BCUT2D eigenvalue weighted by Gasteiger charge is 2.44. The van der Waals surface area contributed by atoms with Gasteiger partial charge in [-0.2, -0.15) is 0 Å². The Morgan fingerprint density at radius 1 is 1.72 bits per heavy atom. The summed E-state index contributed by atoms with van der Waals surface area (Å²) in [5.41, 5.74) is 0.508. The van der Waals surface area contributed by atoms with E-state index in [1.807, 2.05) is 13.8 Å². The van der Waals surface area contributed by atoms with E-state index in [4.69, 9.17) is 0 Å². The van der Waals surface area contributed by atoms with Crippen molar-refractivity contribution in [1.29, 1.82) is 0 Å². The highest BCUT2D eigenvalue weighted by molar-refractivity contribution is 7.09. The molecule has 0 saturated carbocycles. The average Bonchev–Trinajstić information content (AvgIpc) is 2.95. The molecule has 0 bridgehead atoms. The van der Waals surface area contributed by atoms with E-state index >= 15 is 0 Å². The predicted octanol–water partition coefficient (Wildman–Crippen LogP) is 2.70. The van der Waals surface area contributed by atoms with Crippen LogP contribution in [0.15, 0.2) is 5.38 Å². The Morgan fingerprint density at radius 2 is 2.44 bits per heavy atom. The van der Waals surface area contributed by atoms with E-state index in [1.165, 1.54) is 0 Å². The number of rotatable bonds is 4. The number of carbonyl (C=O) groups is 1. The van der Waals surface area contributed by atoms with Gasteiger partial charge in [-0.25, -0.2) is 4.98 Å². The van der Waals surface area contributed by atoms with Crippen molar-refractivity contribution in [1.82, 2.24) is 9.88 Å². The summed E-state index contributed by atoms with van der Waals surface area (Å²) in [5, 5.41) is 12.5. The maximum Gasteiger partial charge on any atom is 0.310 e. The lowest BCUT2D eigenvalue weighted by atomic mass is 9.84. The number of hydrogen-bond donors (Lipinski definition) is 1. The lowest BCUT2D eigenvalue weighted by molar-refractivity contribution is -0.148. The molecular weight excluding hydrogens is 248 g/mol. The summed E-state index contributed by atoms with van der Waals surface area (Å²) in [5.74, 6) is -0.658. The van der Waals surface area contributed by atoms with Crippen LogP contribution in [0.2, 0.25) is 0 Å². The van der Waals surface area contributed by atoms with Crippen molar-refractivity contribution in [3.63, 3.8) is 0 Å². The van der Waals surface area contributed by atoms with Crippen LogP contribution in [0.5, 0.6) is 0 Å². The van der Waals surface area contributed by atoms with Gasteiger partial charge in [-0.05, 0) is 33.2 Å².